The topological polar surface area (TPSA) is 46.5 Å². The van der Waals surface area contributed by atoms with Crippen molar-refractivity contribution in [1.29, 1.82) is 0 Å². The Bertz CT molecular complexity index is 443. The largest absolute Gasteiger partial charge is 0.496 e. The van der Waals surface area contributed by atoms with Gasteiger partial charge in [-0.15, -0.1) is 0 Å². The van der Waals surface area contributed by atoms with Crippen molar-refractivity contribution >= 4 is 18.6 Å². The summed E-state index contributed by atoms with van der Waals surface area (Å²) < 4.78 is 4.95. The van der Waals surface area contributed by atoms with E-state index in [0.29, 0.717) is 23.5 Å². The lowest BCUT2D eigenvalue weighted by Gasteiger charge is -2.04. The van der Waals surface area contributed by atoms with Crippen LogP contribution in [0.1, 0.15) is 22.3 Å². The van der Waals surface area contributed by atoms with Crippen LogP contribution < -0.4 is 4.74 Å². The number of methoxy groups -OCH3 is 1. The van der Waals surface area contributed by atoms with Crippen LogP contribution in [-0.2, 0) is 0 Å². The lowest BCUT2D eigenvalue weighted by Crippen LogP contribution is -2.00. The molecule has 0 unspecified atom stereocenters. The monoisotopic (exact) mass is 236 g/mol. The molecule has 84 valence electrons. The van der Waals surface area contributed by atoms with Crippen molar-refractivity contribution in [3.8, 4) is 17.6 Å². The van der Waals surface area contributed by atoms with Crippen LogP contribution in [0.2, 0.25) is 0 Å². The van der Waals surface area contributed by atoms with Crippen molar-refractivity contribution in [2.24, 2.45) is 0 Å². The Hall–Kier alpha value is -1.60. The molecule has 16 heavy (non-hydrogen) atoms. The van der Waals surface area contributed by atoms with Crippen molar-refractivity contribution in [3.05, 3.63) is 29.3 Å². The van der Waals surface area contributed by atoms with Crippen LogP contribution in [0, 0.1) is 11.8 Å². The number of carbonyl (C=O) groups is 1. The molecule has 0 bridgehead atoms. The minimum Gasteiger partial charge on any atom is -0.496 e. The summed E-state index contributed by atoms with van der Waals surface area (Å²) in [6.45, 7) is 0. The van der Waals surface area contributed by atoms with Gasteiger partial charge in [0.2, 0.25) is 0 Å². The molecule has 0 aromatic heterocycles. The van der Waals surface area contributed by atoms with Gasteiger partial charge in [-0.05, 0) is 18.2 Å². The smallest absolute Gasteiger partial charge is 0.339 e. The van der Waals surface area contributed by atoms with Gasteiger partial charge in [0.25, 0.3) is 0 Å². The summed E-state index contributed by atoms with van der Waals surface area (Å²) in [6, 6.07) is 4.84. The highest BCUT2D eigenvalue weighted by Crippen LogP contribution is 2.19. The molecular weight excluding hydrogens is 224 g/mol. The molecule has 1 rings (SSSR count). The third-order valence-corrected chi connectivity index (χ3v) is 2.12. The predicted molar refractivity (Wildman–Crippen MR) is 65.3 cm³/mol. The molecule has 0 amide bonds. The molecule has 0 spiro atoms. The van der Waals surface area contributed by atoms with Crippen molar-refractivity contribution in [1.82, 2.24) is 0 Å². The van der Waals surface area contributed by atoms with Gasteiger partial charge < -0.3 is 9.84 Å². The lowest BCUT2D eigenvalue weighted by atomic mass is 10.1. The van der Waals surface area contributed by atoms with Gasteiger partial charge in [0, 0.05) is 17.7 Å². The Kier molecular flexibility index (Phi) is 4.74. The van der Waals surface area contributed by atoms with E-state index in [0.717, 1.165) is 0 Å². The Morgan fingerprint density at radius 2 is 2.31 bits per heavy atom. The van der Waals surface area contributed by atoms with Crippen molar-refractivity contribution in [2.75, 3.05) is 12.9 Å². The van der Waals surface area contributed by atoms with Crippen LogP contribution in [0.3, 0.4) is 0 Å². The first kappa shape index (κ1) is 12.5. The van der Waals surface area contributed by atoms with E-state index in [9.17, 15) is 4.79 Å². The molecule has 1 N–H and O–H groups in total. The molecule has 0 aliphatic heterocycles. The summed E-state index contributed by atoms with van der Waals surface area (Å²) in [4.78, 5) is 10.9. The SMILES string of the molecule is COc1ccc(C#CCCS)cc1C(=O)O. The fourth-order valence-electron chi connectivity index (χ4n) is 1.17. The van der Waals surface area contributed by atoms with E-state index < -0.39 is 5.97 Å². The molecular formula is C12H12O3S. The van der Waals surface area contributed by atoms with Gasteiger partial charge >= 0.3 is 5.97 Å². The Labute approximate surface area is 99.8 Å². The minimum absolute atomic E-state index is 0.125. The highest BCUT2D eigenvalue weighted by molar-refractivity contribution is 7.80. The Morgan fingerprint density at radius 1 is 1.56 bits per heavy atom. The molecule has 0 aliphatic rings. The van der Waals surface area contributed by atoms with Gasteiger partial charge in [-0.2, -0.15) is 12.6 Å². The van der Waals surface area contributed by atoms with E-state index in [1.165, 1.54) is 13.2 Å². The maximum atomic E-state index is 10.9. The van der Waals surface area contributed by atoms with Crippen LogP contribution in [-0.4, -0.2) is 23.9 Å². The average molecular weight is 236 g/mol. The van der Waals surface area contributed by atoms with Gasteiger partial charge in [0.1, 0.15) is 11.3 Å². The number of rotatable bonds is 3. The van der Waals surface area contributed by atoms with Crippen LogP contribution in [0.4, 0.5) is 0 Å². The van der Waals surface area contributed by atoms with Gasteiger partial charge in [0.15, 0.2) is 0 Å². The second-order valence-corrected chi connectivity index (χ2v) is 3.44. The minimum atomic E-state index is -1.02. The molecule has 0 saturated carbocycles. The summed E-state index contributed by atoms with van der Waals surface area (Å²) in [7, 11) is 1.44. The molecule has 0 atom stereocenters. The van der Waals surface area contributed by atoms with Crippen LogP contribution >= 0.6 is 12.6 Å². The van der Waals surface area contributed by atoms with Crippen LogP contribution in [0.15, 0.2) is 18.2 Å². The standard InChI is InChI=1S/C12H12O3S/c1-15-11-6-5-9(4-2-3-7-16)8-10(11)12(13)14/h5-6,8,16H,3,7H2,1H3,(H,13,14). The normalized spacial score (nSPS) is 9.12. The van der Waals surface area contributed by atoms with E-state index in [1.54, 1.807) is 12.1 Å². The van der Waals surface area contributed by atoms with Crippen LogP contribution in [0.5, 0.6) is 5.75 Å². The number of benzene rings is 1. The molecule has 1 aromatic carbocycles. The molecule has 0 aliphatic carbocycles. The van der Waals surface area contributed by atoms with Crippen molar-refractivity contribution in [2.45, 2.75) is 6.42 Å². The quantitative estimate of drug-likeness (QED) is 0.624. The number of thiol groups is 1. The fraction of sp³-hybridized carbons (Fsp3) is 0.250. The van der Waals surface area contributed by atoms with Crippen LogP contribution in [0.25, 0.3) is 0 Å². The van der Waals surface area contributed by atoms with E-state index in [1.807, 2.05) is 0 Å². The summed E-state index contributed by atoms with van der Waals surface area (Å²) >= 11 is 4.03. The number of ether oxygens (including phenoxy) is 1. The third kappa shape index (κ3) is 3.21. The van der Waals surface area contributed by atoms with Gasteiger partial charge in [-0.25, -0.2) is 4.79 Å². The summed E-state index contributed by atoms with van der Waals surface area (Å²) in [5, 5.41) is 8.95. The molecule has 0 fully saturated rings. The summed E-state index contributed by atoms with van der Waals surface area (Å²) in [5.74, 6) is 5.78. The van der Waals surface area contributed by atoms with E-state index in [4.69, 9.17) is 9.84 Å². The molecule has 0 radical (unpaired) electrons. The maximum absolute atomic E-state index is 10.9. The second-order valence-electron chi connectivity index (χ2n) is 3.00. The molecule has 1 aromatic rings. The van der Waals surface area contributed by atoms with E-state index in [2.05, 4.69) is 24.5 Å². The zero-order valence-corrected chi connectivity index (χ0v) is 9.75. The zero-order chi connectivity index (χ0) is 12.0. The van der Waals surface area contributed by atoms with Gasteiger partial charge in [-0.3, -0.25) is 0 Å². The number of carboxylic acids is 1. The van der Waals surface area contributed by atoms with E-state index >= 15 is 0 Å². The first-order valence-electron chi connectivity index (χ1n) is 4.70. The molecule has 0 heterocycles. The lowest BCUT2D eigenvalue weighted by molar-refractivity contribution is 0.0693. The van der Waals surface area contributed by atoms with E-state index in [-0.39, 0.29) is 5.56 Å². The van der Waals surface area contributed by atoms with Crippen molar-refractivity contribution in [3.63, 3.8) is 0 Å². The summed E-state index contributed by atoms with van der Waals surface area (Å²) in [6.07, 6.45) is 0.678. The summed E-state index contributed by atoms with van der Waals surface area (Å²) in [5.41, 5.74) is 0.792. The van der Waals surface area contributed by atoms with Crippen molar-refractivity contribution < 1.29 is 14.6 Å². The molecule has 0 saturated heterocycles. The first-order valence-corrected chi connectivity index (χ1v) is 5.33. The highest BCUT2D eigenvalue weighted by Gasteiger charge is 2.10. The molecule has 3 nitrogen and oxygen atoms in total. The number of hydrogen-bond acceptors (Lipinski definition) is 3. The maximum Gasteiger partial charge on any atom is 0.339 e. The second kappa shape index (κ2) is 6.09. The predicted octanol–water partition coefficient (Wildman–Crippen LogP) is 2.06. The number of carboxylic acid groups (broad SMARTS) is 1. The number of aromatic carboxylic acids is 1. The average Bonchev–Trinajstić information content (AvgIpc) is 2.29. The fourth-order valence-corrected chi connectivity index (χ4v) is 1.29. The number of hydrogen-bond donors (Lipinski definition) is 2. The molecule has 4 heteroatoms. The van der Waals surface area contributed by atoms with Gasteiger partial charge in [0.05, 0.1) is 7.11 Å². The first-order chi connectivity index (χ1) is 7.69. The highest BCUT2D eigenvalue weighted by atomic mass is 32.1. The Morgan fingerprint density at radius 3 is 2.88 bits per heavy atom. The van der Waals surface area contributed by atoms with Gasteiger partial charge in [-0.1, -0.05) is 11.8 Å². The Balaban J connectivity index is 3.04. The third-order valence-electron chi connectivity index (χ3n) is 1.90. The zero-order valence-electron chi connectivity index (χ0n) is 8.86.